The Morgan fingerprint density at radius 2 is 1.81 bits per heavy atom. The molecule has 0 bridgehead atoms. The van der Waals surface area contributed by atoms with Gasteiger partial charge in [0.1, 0.15) is 0 Å². The zero-order chi connectivity index (χ0) is 19.3. The van der Waals surface area contributed by atoms with Gasteiger partial charge in [0.2, 0.25) is 5.91 Å². The number of ether oxygens (including phenoxy) is 1. The normalized spacial score (nSPS) is 27.8. The van der Waals surface area contributed by atoms with Crippen molar-refractivity contribution in [3.63, 3.8) is 0 Å². The average Bonchev–Trinajstić information content (AvgIpc) is 3.15. The van der Waals surface area contributed by atoms with Crippen molar-refractivity contribution in [2.75, 3.05) is 23.8 Å². The summed E-state index contributed by atoms with van der Waals surface area (Å²) < 4.78 is 5.48. The van der Waals surface area contributed by atoms with E-state index in [1.807, 2.05) is 6.92 Å². The maximum atomic E-state index is 12.6. The van der Waals surface area contributed by atoms with Gasteiger partial charge in [0.25, 0.3) is 0 Å². The molecule has 3 amide bonds. The van der Waals surface area contributed by atoms with Crippen molar-refractivity contribution in [2.24, 2.45) is 11.7 Å². The van der Waals surface area contributed by atoms with Crippen molar-refractivity contribution in [2.45, 2.75) is 57.1 Å². The molecule has 3 unspecified atom stereocenters. The Balaban J connectivity index is 1.48. The first-order chi connectivity index (χ1) is 12.9. The van der Waals surface area contributed by atoms with Gasteiger partial charge in [-0.05, 0) is 56.9 Å². The molecule has 3 rings (SSSR count). The molecule has 1 heterocycles. The van der Waals surface area contributed by atoms with Crippen molar-refractivity contribution in [3.05, 3.63) is 24.3 Å². The lowest BCUT2D eigenvalue weighted by molar-refractivity contribution is -0.122. The summed E-state index contributed by atoms with van der Waals surface area (Å²) >= 11 is 0. The third-order valence-corrected chi connectivity index (χ3v) is 5.50. The molecule has 1 aliphatic heterocycles. The van der Waals surface area contributed by atoms with Gasteiger partial charge < -0.3 is 26.4 Å². The molecule has 1 aliphatic carbocycles. The van der Waals surface area contributed by atoms with E-state index in [-0.39, 0.29) is 24.0 Å². The molecule has 5 N–H and O–H groups in total. The monoisotopic (exact) mass is 374 g/mol. The van der Waals surface area contributed by atoms with E-state index in [1.165, 1.54) is 0 Å². The molecule has 1 saturated heterocycles. The van der Waals surface area contributed by atoms with Crippen molar-refractivity contribution in [1.29, 1.82) is 0 Å². The number of anilines is 2. The first-order valence-corrected chi connectivity index (χ1v) is 9.80. The number of hydrogen-bond acceptors (Lipinski definition) is 4. The number of hydrogen-bond donors (Lipinski definition) is 4. The Kier molecular flexibility index (Phi) is 6.34. The van der Waals surface area contributed by atoms with Gasteiger partial charge in [-0.3, -0.25) is 4.79 Å². The van der Waals surface area contributed by atoms with Crippen LogP contribution in [0.4, 0.5) is 16.2 Å². The van der Waals surface area contributed by atoms with E-state index in [0.29, 0.717) is 17.9 Å². The van der Waals surface area contributed by atoms with Gasteiger partial charge in [0.05, 0.1) is 12.0 Å². The number of urea groups is 1. The quantitative estimate of drug-likeness (QED) is 0.636. The molecular formula is C20H30N4O3. The summed E-state index contributed by atoms with van der Waals surface area (Å²) in [5, 5.41) is 8.54. The number of nitrogens with two attached hydrogens (primary N) is 1. The van der Waals surface area contributed by atoms with Crippen molar-refractivity contribution < 1.29 is 14.3 Å². The molecule has 0 radical (unpaired) electrons. The number of carbonyl (C=O) groups is 2. The molecule has 1 saturated carbocycles. The first kappa shape index (κ1) is 19.6. The van der Waals surface area contributed by atoms with E-state index in [1.54, 1.807) is 24.3 Å². The molecule has 2 aliphatic rings. The van der Waals surface area contributed by atoms with E-state index < -0.39 is 5.54 Å². The molecule has 27 heavy (non-hydrogen) atoms. The highest BCUT2D eigenvalue weighted by Gasteiger charge is 2.37. The topological polar surface area (TPSA) is 105 Å². The zero-order valence-corrected chi connectivity index (χ0v) is 15.9. The highest BCUT2D eigenvalue weighted by molar-refractivity contribution is 5.94. The van der Waals surface area contributed by atoms with Gasteiger partial charge >= 0.3 is 6.03 Å². The lowest BCUT2D eigenvalue weighted by atomic mass is 9.74. The Morgan fingerprint density at radius 3 is 2.44 bits per heavy atom. The van der Waals surface area contributed by atoms with Crippen LogP contribution in [0.25, 0.3) is 0 Å². The summed E-state index contributed by atoms with van der Waals surface area (Å²) in [6.07, 6.45) is 5.95. The molecule has 7 heteroatoms. The van der Waals surface area contributed by atoms with Gasteiger partial charge in [-0.15, -0.1) is 0 Å². The predicted octanol–water partition coefficient (Wildman–Crippen LogP) is 2.83. The summed E-state index contributed by atoms with van der Waals surface area (Å²) in [5.41, 5.74) is 7.22. The van der Waals surface area contributed by atoms with Crippen LogP contribution in [-0.2, 0) is 9.53 Å². The number of nitrogens with one attached hydrogen (secondary N) is 3. The van der Waals surface area contributed by atoms with Crippen LogP contribution in [-0.4, -0.2) is 36.7 Å². The Bertz CT molecular complexity index is 654. The second kappa shape index (κ2) is 8.71. The second-order valence-electron chi connectivity index (χ2n) is 7.84. The van der Waals surface area contributed by atoms with E-state index in [4.69, 9.17) is 10.5 Å². The Morgan fingerprint density at radius 1 is 1.11 bits per heavy atom. The zero-order valence-electron chi connectivity index (χ0n) is 15.9. The third kappa shape index (κ3) is 5.43. The van der Waals surface area contributed by atoms with Crippen molar-refractivity contribution in [3.8, 4) is 0 Å². The summed E-state index contributed by atoms with van der Waals surface area (Å²) in [6, 6.07) is 6.84. The third-order valence-electron chi connectivity index (χ3n) is 5.50. The van der Waals surface area contributed by atoms with Gasteiger partial charge in [-0.1, -0.05) is 12.8 Å². The fourth-order valence-electron chi connectivity index (χ4n) is 3.84. The minimum Gasteiger partial charge on any atom is -0.376 e. The molecule has 1 aromatic carbocycles. The van der Waals surface area contributed by atoms with Gasteiger partial charge in [-0.2, -0.15) is 0 Å². The molecule has 0 aromatic heterocycles. The van der Waals surface area contributed by atoms with Crippen LogP contribution < -0.4 is 21.7 Å². The number of rotatable bonds is 5. The molecule has 7 nitrogen and oxygen atoms in total. The lowest BCUT2D eigenvalue weighted by Crippen LogP contribution is -2.51. The minimum absolute atomic E-state index is 0.0327. The fourth-order valence-corrected chi connectivity index (χ4v) is 3.84. The van der Waals surface area contributed by atoms with E-state index in [2.05, 4.69) is 16.0 Å². The summed E-state index contributed by atoms with van der Waals surface area (Å²) in [7, 11) is 0. The largest absolute Gasteiger partial charge is 0.376 e. The van der Waals surface area contributed by atoms with Crippen molar-refractivity contribution in [1.82, 2.24) is 5.32 Å². The Labute approximate surface area is 160 Å². The molecule has 148 valence electrons. The summed E-state index contributed by atoms with van der Waals surface area (Å²) in [4.78, 5) is 24.5. The lowest BCUT2D eigenvalue weighted by Gasteiger charge is -2.37. The van der Waals surface area contributed by atoms with Crippen LogP contribution in [0, 0.1) is 5.92 Å². The smallest absolute Gasteiger partial charge is 0.319 e. The van der Waals surface area contributed by atoms with Gasteiger partial charge in [0, 0.05) is 30.1 Å². The van der Waals surface area contributed by atoms with Crippen LogP contribution in [0.2, 0.25) is 0 Å². The first-order valence-electron chi connectivity index (χ1n) is 9.80. The molecular weight excluding hydrogens is 344 g/mol. The molecule has 0 spiro atoms. The molecule has 2 fully saturated rings. The van der Waals surface area contributed by atoms with Crippen LogP contribution in [0.15, 0.2) is 24.3 Å². The highest BCUT2D eigenvalue weighted by atomic mass is 16.5. The minimum atomic E-state index is -0.453. The summed E-state index contributed by atoms with van der Waals surface area (Å²) in [5.74, 6) is -0.206. The number of benzene rings is 1. The van der Waals surface area contributed by atoms with Gasteiger partial charge in [0.15, 0.2) is 0 Å². The van der Waals surface area contributed by atoms with Gasteiger partial charge in [-0.25, -0.2) is 4.79 Å². The number of amides is 3. The van der Waals surface area contributed by atoms with Crippen molar-refractivity contribution >= 4 is 23.3 Å². The SMILES string of the molecule is CC1(N)CCCCC1C(=O)Nc1ccc(NC(=O)NCC2CCCO2)cc1. The standard InChI is InChI=1S/C20H30N4O3/c1-20(21)11-3-2-6-17(20)18(25)23-14-7-9-15(10-8-14)24-19(26)22-13-16-5-4-12-27-16/h7-10,16-17H,2-6,11-13,21H2,1H3,(H,23,25)(H2,22,24,26). The predicted molar refractivity (Wildman–Crippen MR) is 106 cm³/mol. The van der Waals surface area contributed by atoms with E-state index in [9.17, 15) is 9.59 Å². The number of carbonyl (C=O) groups excluding carboxylic acids is 2. The van der Waals surface area contributed by atoms with E-state index >= 15 is 0 Å². The van der Waals surface area contributed by atoms with Crippen LogP contribution in [0.3, 0.4) is 0 Å². The maximum Gasteiger partial charge on any atom is 0.319 e. The maximum absolute atomic E-state index is 12.6. The molecule has 3 atom stereocenters. The molecule has 1 aromatic rings. The summed E-state index contributed by atoms with van der Waals surface area (Å²) in [6.45, 7) is 3.24. The van der Waals surface area contributed by atoms with Crippen LogP contribution in [0.5, 0.6) is 0 Å². The van der Waals surface area contributed by atoms with E-state index in [0.717, 1.165) is 45.1 Å². The fraction of sp³-hybridized carbons (Fsp3) is 0.600. The van der Waals surface area contributed by atoms with Crippen LogP contribution >= 0.6 is 0 Å². The average molecular weight is 374 g/mol. The highest BCUT2D eigenvalue weighted by Crippen LogP contribution is 2.32. The second-order valence-corrected chi connectivity index (χ2v) is 7.84. The Hall–Kier alpha value is -2.12. The van der Waals surface area contributed by atoms with Crippen LogP contribution in [0.1, 0.15) is 45.4 Å².